The highest BCUT2D eigenvalue weighted by molar-refractivity contribution is 8.01. The molecule has 2 aromatic rings. The van der Waals surface area contributed by atoms with Gasteiger partial charge in [0.25, 0.3) is 0 Å². The number of hydrogen-bond acceptors (Lipinski definition) is 8. The SMILES string of the molecule is O=C(O)CSc1nnc(NCc2ccc3c(c2)OCO3)s1. The van der Waals surface area contributed by atoms with E-state index in [0.29, 0.717) is 16.0 Å². The molecular weight excluding hydrogens is 314 g/mol. The van der Waals surface area contributed by atoms with E-state index in [4.69, 9.17) is 14.6 Å². The molecule has 0 amide bonds. The lowest BCUT2D eigenvalue weighted by atomic mass is 10.2. The fourth-order valence-electron chi connectivity index (χ4n) is 1.69. The Morgan fingerprint density at radius 3 is 3.10 bits per heavy atom. The molecule has 7 nitrogen and oxygen atoms in total. The number of nitrogens with one attached hydrogen (secondary N) is 1. The lowest BCUT2D eigenvalue weighted by Gasteiger charge is -2.03. The van der Waals surface area contributed by atoms with Crippen molar-refractivity contribution in [2.24, 2.45) is 0 Å². The van der Waals surface area contributed by atoms with Crippen molar-refractivity contribution >= 4 is 34.2 Å². The Balaban J connectivity index is 1.56. The van der Waals surface area contributed by atoms with E-state index in [9.17, 15) is 4.79 Å². The third kappa shape index (κ3) is 3.56. The monoisotopic (exact) mass is 325 g/mol. The molecule has 0 radical (unpaired) electrons. The van der Waals surface area contributed by atoms with Gasteiger partial charge in [-0.15, -0.1) is 10.2 Å². The molecular formula is C12H11N3O4S2. The van der Waals surface area contributed by atoms with Crippen LogP contribution in [-0.4, -0.2) is 33.8 Å². The van der Waals surface area contributed by atoms with Gasteiger partial charge in [-0.05, 0) is 17.7 Å². The molecule has 0 bridgehead atoms. The number of aliphatic carboxylic acids is 1. The first kappa shape index (κ1) is 14.0. The third-order valence-corrected chi connectivity index (χ3v) is 4.61. The largest absolute Gasteiger partial charge is 0.481 e. The highest BCUT2D eigenvalue weighted by Crippen LogP contribution is 2.33. The van der Waals surface area contributed by atoms with E-state index in [1.165, 1.54) is 11.3 Å². The number of ether oxygens (including phenoxy) is 2. The number of anilines is 1. The summed E-state index contributed by atoms with van der Waals surface area (Å²) in [6, 6.07) is 5.73. The first-order chi connectivity index (χ1) is 10.2. The summed E-state index contributed by atoms with van der Waals surface area (Å²) in [5, 5.41) is 20.3. The molecule has 1 aliphatic heterocycles. The second kappa shape index (κ2) is 6.19. The first-order valence-corrected chi connectivity index (χ1v) is 7.81. The summed E-state index contributed by atoms with van der Waals surface area (Å²) in [4.78, 5) is 10.5. The Morgan fingerprint density at radius 2 is 2.24 bits per heavy atom. The van der Waals surface area contributed by atoms with Gasteiger partial charge in [-0.3, -0.25) is 4.79 Å². The van der Waals surface area contributed by atoms with Gasteiger partial charge < -0.3 is 19.9 Å². The highest BCUT2D eigenvalue weighted by atomic mass is 32.2. The normalized spacial score (nSPS) is 12.4. The van der Waals surface area contributed by atoms with Gasteiger partial charge in [0.05, 0.1) is 5.75 Å². The van der Waals surface area contributed by atoms with Crippen LogP contribution >= 0.6 is 23.1 Å². The van der Waals surface area contributed by atoms with Crippen LogP contribution in [0.3, 0.4) is 0 Å². The number of hydrogen-bond donors (Lipinski definition) is 2. The molecule has 110 valence electrons. The fourth-order valence-corrected chi connectivity index (χ4v) is 3.16. The van der Waals surface area contributed by atoms with Crippen LogP contribution < -0.4 is 14.8 Å². The molecule has 3 rings (SSSR count). The molecule has 0 saturated carbocycles. The maximum absolute atomic E-state index is 10.5. The smallest absolute Gasteiger partial charge is 0.313 e. The summed E-state index contributed by atoms with van der Waals surface area (Å²) in [6.07, 6.45) is 0. The van der Waals surface area contributed by atoms with Gasteiger partial charge >= 0.3 is 5.97 Å². The Hall–Kier alpha value is -2.00. The van der Waals surface area contributed by atoms with Crippen molar-refractivity contribution < 1.29 is 19.4 Å². The molecule has 0 unspecified atom stereocenters. The summed E-state index contributed by atoms with van der Waals surface area (Å²) in [6.45, 7) is 0.835. The summed E-state index contributed by atoms with van der Waals surface area (Å²) in [7, 11) is 0. The summed E-state index contributed by atoms with van der Waals surface area (Å²) >= 11 is 2.49. The van der Waals surface area contributed by atoms with Crippen LogP contribution in [0, 0.1) is 0 Å². The first-order valence-electron chi connectivity index (χ1n) is 6.01. The molecule has 0 spiro atoms. The molecule has 1 aromatic heterocycles. The summed E-state index contributed by atoms with van der Waals surface area (Å²) < 4.78 is 11.2. The molecule has 1 aromatic carbocycles. The predicted molar refractivity (Wildman–Crippen MR) is 78.2 cm³/mol. The molecule has 0 saturated heterocycles. The topological polar surface area (TPSA) is 93.6 Å². The quantitative estimate of drug-likeness (QED) is 0.780. The minimum absolute atomic E-state index is 0.0171. The summed E-state index contributed by atoms with van der Waals surface area (Å²) in [5.74, 6) is 0.605. The van der Waals surface area contributed by atoms with Crippen molar-refractivity contribution in [2.45, 2.75) is 10.9 Å². The molecule has 2 N–H and O–H groups in total. The Bertz CT molecular complexity index is 662. The van der Waals surface area contributed by atoms with Crippen LogP contribution in [0.4, 0.5) is 5.13 Å². The number of aromatic nitrogens is 2. The van der Waals surface area contributed by atoms with Gasteiger partial charge in [-0.25, -0.2) is 0 Å². The number of fused-ring (bicyclic) bond motifs is 1. The Labute approximate surface area is 128 Å². The maximum Gasteiger partial charge on any atom is 0.313 e. The minimum atomic E-state index is -0.870. The lowest BCUT2D eigenvalue weighted by molar-refractivity contribution is -0.133. The lowest BCUT2D eigenvalue weighted by Crippen LogP contribution is -1.98. The van der Waals surface area contributed by atoms with E-state index in [2.05, 4.69) is 15.5 Å². The molecule has 0 atom stereocenters. The van der Waals surface area contributed by atoms with Gasteiger partial charge in [-0.1, -0.05) is 29.2 Å². The van der Waals surface area contributed by atoms with E-state index in [1.54, 1.807) is 0 Å². The second-order valence-electron chi connectivity index (χ2n) is 4.10. The minimum Gasteiger partial charge on any atom is -0.481 e. The average Bonchev–Trinajstić information content (AvgIpc) is 3.11. The Kier molecular flexibility index (Phi) is 4.11. The van der Waals surface area contributed by atoms with E-state index in [0.717, 1.165) is 28.8 Å². The van der Waals surface area contributed by atoms with Gasteiger partial charge in [0.1, 0.15) is 0 Å². The molecule has 21 heavy (non-hydrogen) atoms. The van der Waals surface area contributed by atoms with E-state index >= 15 is 0 Å². The maximum atomic E-state index is 10.5. The van der Waals surface area contributed by atoms with Crippen molar-refractivity contribution in [3.63, 3.8) is 0 Å². The molecule has 0 aliphatic carbocycles. The van der Waals surface area contributed by atoms with Crippen LogP contribution in [-0.2, 0) is 11.3 Å². The van der Waals surface area contributed by atoms with Crippen molar-refractivity contribution in [3.8, 4) is 11.5 Å². The van der Waals surface area contributed by atoms with Crippen LogP contribution in [0.1, 0.15) is 5.56 Å². The highest BCUT2D eigenvalue weighted by Gasteiger charge is 2.13. The van der Waals surface area contributed by atoms with E-state index in [1.807, 2.05) is 18.2 Å². The third-order valence-electron chi connectivity index (χ3n) is 2.61. The van der Waals surface area contributed by atoms with Gasteiger partial charge in [0, 0.05) is 6.54 Å². The van der Waals surface area contributed by atoms with Crippen LogP contribution in [0.25, 0.3) is 0 Å². The predicted octanol–water partition coefficient (Wildman–Crippen LogP) is 2.06. The number of carboxylic acids is 1. The van der Waals surface area contributed by atoms with Crippen LogP contribution in [0.15, 0.2) is 22.5 Å². The van der Waals surface area contributed by atoms with Crippen molar-refractivity contribution in [1.29, 1.82) is 0 Å². The zero-order chi connectivity index (χ0) is 14.7. The fraction of sp³-hybridized carbons (Fsp3) is 0.250. The van der Waals surface area contributed by atoms with Gasteiger partial charge in [0.15, 0.2) is 15.8 Å². The Morgan fingerprint density at radius 1 is 1.38 bits per heavy atom. The number of carbonyl (C=O) groups is 1. The number of benzene rings is 1. The van der Waals surface area contributed by atoms with Crippen LogP contribution in [0.5, 0.6) is 11.5 Å². The second-order valence-corrected chi connectivity index (χ2v) is 6.30. The molecule has 0 fully saturated rings. The molecule has 1 aliphatic rings. The molecule has 9 heteroatoms. The van der Waals surface area contributed by atoms with Crippen molar-refractivity contribution in [3.05, 3.63) is 23.8 Å². The van der Waals surface area contributed by atoms with E-state index in [-0.39, 0.29) is 12.5 Å². The zero-order valence-corrected chi connectivity index (χ0v) is 12.4. The number of carboxylic acid groups (broad SMARTS) is 1. The van der Waals surface area contributed by atoms with Gasteiger partial charge in [-0.2, -0.15) is 0 Å². The van der Waals surface area contributed by atoms with Gasteiger partial charge in [0.2, 0.25) is 11.9 Å². The number of thioether (sulfide) groups is 1. The number of rotatable bonds is 6. The van der Waals surface area contributed by atoms with Crippen molar-refractivity contribution in [2.75, 3.05) is 17.9 Å². The number of nitrogens with zero attached hydrogens (tertiary/aromatic N) is 2. The standard InChI is InChI=1S/C12H11N3O4S2/c16-10(17)5-20-12-15-14-11(21-12)13-4-7-1-2-8-9(3-7)19-6-18-8/h1-3H,4-6H2,(H,13,14)(H,16,17). The zero-order valence-electron chi connectivity index (χ0n) is 10.7. The summed E-state index contributed by atoms with van der Waals surface area (Å²) in [5.41, 5.74) is 1.04. The van der Waals surface area contributed by atoms with E-state index < -0.39 is 5.97 Å². The average molecular weight is 325 g/mol. The van der Waals surface area contributed by atoms with Crippen LogP contribution in [0.2, 0.25) is 0 Å². The molecule has 2 heterocycles. The van der Waals surface area contributed by atoms with Crippen molar-refractivity contribution in [1.82, 2.24) is 10.2 Å².